The van der Waals surface area contributed by atoms with E-state index in [9.17, 15) is 24.4 Å². The lowest BCUT2D eigenvalue weighted by Crippen LogP contribution is -2.55. The molecule has 3 amide bonds. The molecule has 37 heavy (non-hydrogen) atoms. The highest BCUT2D eigenvalue weighted by molar-refractivity contribution is 6.43. The molecule has 9 nitrogen and oxygen atoms in total. The predicted molar refractivity (Wildman–Crippen MR) is 141 cm³/mol. The van der Waals surface area contributed by atoms with Gasteiger partial charge in [-0.1, -0.05) is 53.5 Å². The second-order valence-corrected chi connectivity index (χ2v) is 9.60. The Kier molecular flexibility index (Phi) is 11.2. The molecule has 4 N–H and O–H groups in total. The Morgan fingerprint density at radius 2 is 1.73 bits per heavy atom. The molecule has 1 aliphatic rings. The maximum atomic E-state index is 13.2. The van der Waals surface area contributed by atoms with E-state index in [4.69, 9.17) is 27.9 Å². The summed E-state index contributed by atoms with van der Waals surface area (Å²) in [6.07, 6.45) is 1.21. The van der Waals surface area contributed by atoms with E-state index in [1.54, 1.807) is 4.90 Å². The molecule has 3 rings (SSSR count). The summed E-state index contributed by atoms with van der Waals surface area (Å²) >= 11 is 12.1. The van der Waals surface area contributed by atoms with Gasteiger partial charge in [0.2, 0.25) is 11.8 Å². The van der Waals surface area contributed by atoms with Crippen LogP contribution in [0.25, 0.3) is 0 Å². The van der Waals surface area contributed by atoms with Crippen molar-refractivity contribution in [3.05, 3.63) is 69.7 Å². The molecular formula is C25H30BCl2N3O6. The van der Waals surface area contributed by atoms with Gasteiger partial charge in [-0.15, -0.1) is 0 Å². The van der Waals surface area contributed by atoms with Crippen LogP contribution < -0.4 is 10.6 Å². The van der Waals surface area contributed by atoms with Crippen molar-refractivity contribution in [3.63, 3.8) is 0 Å². The molecule has 2 unspecified atom stereocenters. The number of hydrogen-bond donors (Lipinski definition) is 4. The quantitative estimate of drug-likeness (QED) is 0.317. The van der Waals surface area contributed by atoms with Crippen LogP contribution in [0.15, 0.2) is 48.5 Å². The second kappa shape index (κ2) is 14.3. The lowest BCUT2D eigenvalue weighted by Gasteiger charge is -2.29. The van der Waals surface area contributed by atoms with Gasteiger partial charge in [0, 0.05) is 18.1 Å². The van der Waals surface area contributed by atoms with Crippen LogP contribution in [0.3, 0.4) is 0 Å². The molecule has 198 valence electrons. The Bertz CT molecular complexity index is 1070. The smallest absolute Gasteiger partial charge is 0.426 e. The lowest BCUT2D eigenvalue weighted by atomic mass is 9.76. The van der Waals surface area contributed by atoms with Crippen LogP contribution in [0.5, 0.6) is 0 Å². The molecule has 0 saturated carbocycles. The molecule has 0 aromatic heterocycles. The summed E-state index contributed by atoms with van der Waals surface area (Å²) in [5.74, 6) is -2.74. The molecular weight excluding hydrogens is 520 g/mol. The lowest BCUT2D eigenvalue weighted by molar-refractivity contribution is -0.138. The molecule has 2 atom stereocenters. The summed E-state index contributed by atoms with van der Waals surface area (Å²) in [5, 5.41) is 25.3. The Morgan fingerprint density at radius 3 is 2.41 bits per heavy atom. The average Bonchev–Trinajstić information content (AvgIpc) is 2.89. The standard InChI is InChI=1S/C25H30BCl2N3O6/c27-18-9-10-20(28)19(15-18)24(33)29-21(16-23(32)31-11-13-37-14-12-31)25(34)30-22(26(35)36)8-4-7-17-5-2-1-3-6-17/h1-3,5-6,9-10,15,21-22,35-36H,4,7-8,11-14,16H2,(H,29,33)(H,30,34). The molecule has 12 heteroatoms. The summed E-state index contributed by atoms with van der Waals surface area (Å²) < 4.78 is 5.27. The fourth-order valence-corrected chi connectivity index (χ4v) is 4.36. The monoisotopic (exact) mass is 549 g/mol. The molecule has 2 aromatic carbocycles. The first-order valence-corrected chi connectivity index (χ1v) is 12.8. The maximum absolute atomic E-state index is 13.2. The van der Waals surface area contributed by atoms with Crippen molar-refractivity contribution >= 4 is 48.0 Å². The number of ether oxygens (including phenoxy) is 1. The van der Waals surface area contributed by atoms with E-state index in [0.29, 0.717) is 39.1 Å². The van der Waals surface area contributed by atoms with Crippen molar-refractivity contribution in [2.75, 3.05) is 26.3 Å². The first-order valence-electron chi connectivity index (χ1n) is 12.1. The van der Waals surface area contributed by atoms with E-state index in [1.807, 2.05) is 30.3 Å². The van der Waals surface area contributed by atoms with Crippen molar-refractivity contribution in [3.8, 4) is 0 Å². The van der Waals surface area contributed by atoms with Gasteiger partial charge in [0.15, 0.2) is 0 Å². The normalized spacial score (nSPS) is 15.0. The Morgan fingerprint density at radius 1 is 1.03 bits per heavy atom. The van der Waals surface area contributed by atoms with Crippen LogP contribution >= 0.6 is 23.2 Å². The van der Waals surface area contributed by atoms with Crippen molar-refractivity contribution < 1.29 is 29.2 Å². The van der Waals surface area contributed by atoms with Crippen LogP contribution in [0.2, 0.25) is 10.0 Å². The van der Waals surface area contributed by atoms with Crippen molar-refractivity contribution in [1.82, 2.24) is 15.5 Å². The van der Waals surface area contributed by atoms with Gasteiger partial charge in [-0.2, -0.15) is 0 Å². The average molecular weight is 550 g/mol. The number of benzene rings is 2. The fraction of sp³-hybridized carbons (Fsp3) is 0.400. The third-order valence-electron chi connectivity index (χ3n) is 6.05. The molecule has 0 aliphatic carbocycles. The van der Waals surface area contributed by atoms with Gasteiger partial charge in [-0.3, -0.25) is 14.4 Å². The van der Waals surface area contributed by atoms with Gasteiger partial charge in [-0.25, -0.2) is 0 Å². The number of nitrogens with zero attached hydrogens (tertiary/aromatic N) is 1. The zero-order chi connectivity index (χ0) is 26.8. The zero-order valence-electron chi connectivity index (χ0n) is 20.2. The van der Waals surface area contributed by atoms with Gasteiger partial charge >= 0.3 is 7.12 Å². The molecule has 1 fully saturated rings. The molecule has 1 aliphatic heterocycles. The third-order valence-corrected chi connectivity index (χ3v) is 6.61. The Hall–Kier alpha value is -2.63. The zero-order valence-corrected chi connectivity index (χ0v) is 21.8. The minimum Gasteiger partial charge on any atom is -0.426 e. The second-order valence-electron chi connectivity index (χ2n) is 8.75. The number of hydrogen-bond acceptors (Lipinski definition) is 6. The molecule has 0 bridgehead atoms. The summed E-state index contributed by atoms with van der Waals surface area (Å²) in [6, 6.07) is 12.7. The molecule has 0 radical (unpaired) electrons. The first-order chi connectivity index (χ1) is 17.7. The Balaban J connectivity index is 1.70. The van der Waals surface area contributed by atoms with Gasteiger partial charge in [0.05, 0.1) is 36.2 Å². The molecule has 2 aromatic rings. The minimum absolute atomic E-state index is 0.0485. The van der Waals surface area contributed by atoms with Crippen molar-refractivity contribution in [2.45, 2.75) is 37.7 Å². The number of rotatable bonds is 11. The summed E-state index contributed by atoms with van der Waals surface area (Å²) in [7, 11) is -1.83. The van der Waals surface area contributed by atoms with Gasteiger partial charge in [-0.05, 0) is 43.0 Å². The SMILES string of the molecule is O=C(NC(CC(=O)N1CCOCC1)C(=O)NC(CCCc1ccccc1)B(O)O)c1cc(Cl)ccc1Cl. The van der Waals surface area contributed by atoms with E-state index in [2.05, 4.69) is 10.6 Å². The number of carbonyl (C=O) groups is 3. The van der Waals surface area contributed by atoms with Crippen LogP contribution in [-0.4, -0.2) is 78.1 Å². The fourth-order valence-electron chi connectivity index (χ4n) is 3.98. The van der Waals surface area contributed by atoms with E-state index < -0.39 is 30.9 Å². The minimum atomic E-state index is -1.83. The first kappa shape index (κ1) is 28.9. The topological polar surface area (TPSA) is 128 Å². The van der Waals surface area contributed by atoms with Gasteiger partial charge < -0.3 is 30.3 Å². The van der Waals surface area contributed by atoms with E-state index >= 15 is 0 Å². The van der Waals surface area contributed by atoms with Crippen LogP contribution in [0.1, 0.15) is 35.2 Å². The number of amides is 3. The summed E-state index contributed by atoms with van der Waals surface area (Å²) in [6.45, 7) is 1.51. The molecule has 1 heterocycles. The summed E-state index contributed by atoms with van der Waals surface area (Å²) in [5.41, 5.74) is 1.13. The molecule has 0 spiro atoms. The highest BCUT2D eigenvalue weighted by Gasteiger charge is 2.32. The number of carbonyl (C=O) groups excluding carboxylic acids is 3. The summed E-state index contributed by atoms with van der Waals surface area (Å²) in [4.78, 5) is 40.6. The number of morpholine rings is 1. The van der Waals surface area contributed by atoms with Gasteiger partial charge in [0.25, 0.3) is 5.91 Å². The van der Waals surface area contributed by atoms with Crippen molar-refractivity contribution in [2.24, 2.45) is 0 Å². The van der Waals surface area contributed by atoms with Gasteiger partial charge in [0.1, 0.15) is 6.04 Å². The molecule has 1 saturated heterocycles. The van der Waals surface area contributed by atoms with E-state index in [-0.39, 0.29) is 34.4 Å². The largest absolute Gasteiger partial charge is 0.475 e. The number of halogens is 2. The third kappa shape index (κ3) is 9.01. The number of nitrogens with one attached hydrogen (secondary N) is 2. The maximum Gasteiger partial charge on any atom is 0.475 e. The highest BCUT2D eigenvalue weighted by atomic mass is 35.5. The predicted octanol–water partition coefficient (Wildman–Crippen LogP) is 1.86. The van der Waals surface area contributed by atoms with Crippen LogP contribution in [0.4, 0.5) is 0 Å². The number of aryl methyl sites for hydroxylation is 1. The van der Waals surface area contributed by atoms with Crippen molar-refractivity contribution in [1.29, 1.82) is 0 Å². The van der Waals surface area contributed by atoms with Crippen LogP contribution in [-0.2, 0) is 20.7 Å². The van der Waals surface area contributed by atoms with E-state index in [1.165, 1.54) is 18.2 Å². The Labute approximate surface area is 226 Å². The van der Waals surface area contributed by atoms with E-state index in [0.717, 1.165) is 5.56 Å². The van der Waals surface area contributed by atoms with Crippen LogP contribution in [0, 0.1) is 0 Å². The highest BCUT2D eigenvalue weighted by Crippen LogP contribution is 2.21.